The Balaban J connectivity index is 1.94. The molecule has 0 aliphatic rings. The van der Waals surface area contributed by atoms with Crippen LogP contribution in [0.4, 0.5) is 5.69 Å². The molecule has 6 heteroatoms. The molecule has 2 aromatic heterocycles. The smallest absolute Gasteiger partial charge is 0.352 e. The lowest BCUT2D eigenvalue weighted by atomic mass is 10.3. The van der Waals surface area contributed by atoms with Crippen molar-refractivity contribution >= 4 is 39.1 Å². The van der Waals surface area contributed by atoms with Gasteiger partial charge in [0.05, 0.1) is 10.2 Å². The maximum Gasteiger partial charge on any atom is 0.352 e. The summed E-state index contributed by atoms with van der Waals surface area (Å²) in [6.45, 7) is 2.43. The van der Waals surface area contributed by atoms with Crippen molar-refractivity contribution in [3.63, 3.8) is 0 Å². The molecule has 5 nitrogen and oxygen atoms in total. The summed E-state index contributed by atoms with van der Waals surface area (Å²) in [5.74, 6) is -1.16. The summed E-state index contributed by atoms with van der Waals surface area (Å²) in [6, 6.07) is 12.9. The lowest BCUT2D eigenvalue weighted by Crippen LogP contribution is -2.34. The third kappa shape index (κ3) is 2.85. The lowest BCUT2D eigenvalue weighted by Gasteiger charge is -2.22. The molecule has 0 saturated heterocycles. The third-order valence-electron chi connectivity index (χ3n) is 3.72. The number of likely N-dealkylation sites (N-methyl/N-ethyl adjacent to an activating group) is 1. The molecular formula is C17H16N2O3S. The molecule has 0 unspecified atom stereocenters. The molecule has 0 fully saturated rings. The number of carboxylic acids is 1. The Morgan fingerprint density at radius 3 is 2.61 bits per heavy atom. The number of carbonyl (C=O) groups is 2. The van der Waals surface area contributed by atoms with Gasteiger partial charge in [0.25, 0.3) is 0 Å². The van der Waals surface area contributed by atoms with Crippen molar-refractivity contribution in [2.24, 2.45) is 0 Å². The van der Waals surface area contributed by atoms with Crippen molar-refractivity contribution < 1.29 is 14.7 Å². The fourth-order valence-electron chi connectivity index (χ4n) is 2.66. The van der Waals surface area contributed by atoms with Crippen LogP contribution in [0.1, 0.15) is 17.4 Å². The number of para-hydroxylation sites is 1. The van der Waals surface area contributed by atoms with Gasteiger partial charge in [-0.1, -0.05) is 18.2 Å². The molecule has 3 aromatic rings. The molecular weight excluding hydrogens is 312 g/mol. The van der Waals surface area contributed by atoms with E-state index in [0.717, 1.165) is 15.9 Å². The van der Waals surface area contributed by atoms with Gasteiger partial charge in [-0.05, 0) is 36.6 Å². The maximum atomic E-state index is 12.7. The first-order chi connectivity index (χ1) is 11.1. The Morgan fingerprint density at radius 1 is 1.22 bits per heavy atom. The highest BCUT2D eigenvalue weighted by Crippen LogP contribution is 2.26. The van der Waals surface area contributed by atoms with Crippen LogP contribution in [0.5, 0.6) is 0 Å². The Morgan fingerprint density at radius 2 is 1.96 bits per heavy atom. The second-order valence-corrected chi connectivity index (χ2v) is 6.01. The molecule has 0 bridgehead atoms. The molecule has 1 amide bonds. The molecule has 1 N–H and O–H groups in total. The quantitative estimate of drug-likeness (QED) is 0.780. The van der Waals surface area contributed by atoms with E-state index in [2.05, 4.69) is 0 Å². The highest BCUT2D eigenvalue weighted by Gasteiger charge is 2.20. The summed E-state index contributed by atoms with van der Waals surface area (Å²) in [7, 11) is 0. The molecule has 0 saturated carbocycles. The van der Waals surface area contributed by atoms with Crippen LogP contribution in [0.25, 0.3) is 10.2 Å². The predicted octanol–water partition coefficient (Wildman–Crippen LogP) is 3.45. The number of aromatic nitrogens is 1. The van der Waals surface area contributed by atoms with Crippen molar-refractivity contribution in [3.8, 4) is 0 Å². The van der Waals surface area contributed by atoms with Crippen molar-refractivity contribution in [1.29, 1.82) is 0 Å². The van der Waals surface area contributed by atoms with Gasteiger partial charge < -0.3 is 14.6 Å². The number of carbonyl (C=O) groups excluding carboxylic acids is 1. The molecule has 0 radical (unpaired) electrons. The second kappa shape index (κ2) is 6.26. The first kappa shape index (κ1) is 15.3. The van der Waals surface area contributed by atoms with Crippen LogP contribution in [0, 0.1) is 0 Å². The Hall–Kier alpha value is -2.60. The molecule has 23 heavy (non-hydrogen) atoms. The van der Waals surface area contributed by atoms with Gasteiger partial charge in [-0.3, -0.25) is 4.79 Å². The zero-order valence-electron chi connectivity index (χ0n) is 12.6. The van der Waals surface area contributed by atoms with Crippen molar-refractivity contribution in [1.82, 2.24) is 4.57 Å². The number of amides is 1. The third-order valence-corrected chi connectivity index (χ3v) is 4.57. The van der Waals surface area contributed by atoms with Gasteiger partial charge in [-0.25, -0.2) is 4.79 Å². The minimum atomic E-state index is -1.02. The normalized spacial score (nSPS) is 10.8. The van der Waals surface area contributed by atoms with Crippen LogP contribution in [-0.2, 0) is 11.3 Å². The molecule has 0 spiro atoms. The van der Waals surface area contributed by atoms with E-state index in [4.69, 9.17) is 0 Å². The van der Waals surface area contributed by atoms with Crippen LogP contribution in [0.15, 0.2) is 47.8 Å². The van der Waals surface area contributed by atoms with Crippen LogP contribution >= 0.6 is 11.3 Å². The van der Waals surface area contributed by atoms with E-state index < -0.39 is 5.97 Å². The van der Waals surface area contributed by atoms with E-state index >= 15 is 0 Å². The maximum absolute atomic E-state index is 12.7. The van der Waals surface area contributed by atoms with Gasteiger partial charge in [-0.2, -0.15) is 0 Å². The number of carboxylic acid groups (broad SMARTS) is 1. The second-order valence-electron chi connectivity index (χ2n) is 5.06. The summed E-state index contributed by atoms with van der Waals surface area (Å²) in [5.41, 5.74) is 1.74. The van der Waals surface area contributed by atoms with E-state index in [0.29, 0.717) is 6.54 Å². The summed E-state index contributed by atoms with van der Waals surface area (Å²) in [6.07, 6.45) is 0. The molecule has 0 aliphatic heterocycles. The predicted molar refractivity (Wildman–Crippen MR) is 91.2 cm³/mol. The number of anilines is 1. The molecule has 0 aliphatic carbocycles. The van der Waals surface area contributed by atoms with Gasteiger partial charge in [0.2, 0.25) is 5.91 Å². The van der Waals surface area contributed by atoms with E-state index in [9.17, 15) is 14.7 Å². The van der Waals surface area contributed by atoms with E-state index in [1.165, 1.54) is 11.3 Å². The first-order valence-corrected chi connectivity index (χ1v) is 8.15. The number of rotatable bonds is 5. The fraction of sp³-hybridized carbons (Fsp3) is 0.176. The Bertz CT molecular complexity index is 851. The van der Waals surface area contributed by atoms with Gasteiger partial charge in [0.15, 0.2) is 0 Å². The number of hydrogen-bond donors (Lipinski definition) is 1. The van der Waals surface area contributed by atoms with Crippen LogP contribution in [0.3, 0.4) is 0 Å². The minimum Gasteiger partial charge on any atom is -0.477 e. The molecule has 2 heterocycles. The van der Waals surface area contributed by atoms with Crippen molar-refractivity contribution in [2.45, 2.75) is 13.5 Å². The highest BCUT2D eigenvalue weighted by molar-refractivity contribution is 7.17. The highest BCUT2D eigenvalue weighted by atomic mass is 32.1. The fourth-order valence-corrected chi connectivity index (χ4v) is 3.48. The van der Waals surface area contributed by atoms with Gasteiger partial charge >= 0.3 is 5.97 Å². The van der Waals surface area contributed by atoms with Crippen LogP contribution in [0.2, 0.25) is 0 Å². The number of hydrogen-bond acceptors (Lipinski definition) is 3. The van der Waals surface area contributed by atoms with Gasteiger partial charge in [-0.15, -0.1) is 11.3 Å². The van der Waals surface area contributed by atoms with E-state index in [-0.39, 0.29) is 18.1 Å². The number of thiophene rings is 1. The zero-order chi connectivity index (χ0) is 16.4. The van der Waals surface area contributed by atoms with Gasteiger partial charge in [0.1, 0.15) is 12.2 Å². The number of fused-ring (bicyclic) bond motifs is 1. The number of benzene rings is 1. The average Bonchev–Trinajstić information content (AvgIpc) is 3.12. The standard InChI is InChI=1S/C17H16N2O3S/c1-2-18(12-6-4-3-5-7-12)16(20)11-19-13-8-9-23-15(13)10-14(19)17(21)22/h3-10H,2,11H2,1H3,(H,21,22). The zero-order valence-corrected chi connectivity index (χ0v) is 13.4. The Kier molecular flexibility index (Phi) is 4.16. The molecule has 118 valence electrons. The van der Waals surface area contributed by atoms with Crippen molar-refractivity contribution in [2.75, 3.05) is 11.4 Å². The molecule has 1 aromatic carbocycles. The van der Waals surface area contributed by atoms with E-state index in [1.54, 1.807) is 15.5 Å². The van der Waals surface area contributed by atoms with Crippen LogP contribution < -0.4 is 4.90 Å². The Labute approximate surface area is 137 Å². The largest absolute Gasteiger partial charge is 0.477 e. The number of aromatic carboxylic acids is 1. The minimum absolute atomic E-state index is 0.00456. The topological polar surface area (TPSA) is 62.5 Å². The lowest BCUT2D eigenvalue weighted by molar-refractivity contribution is -0.119. The van der Waals surface area contributed by atoms with Gasteiger partial charge in [0, 0.05) is 12.2 Å². The summed E-state index contributed by atoms with van der Waals surface area (Å²) < 4.78 is 2.44. The first-order valence-electron chi connectivity index (χ1n) is 7.27. The SMILES string of the molecule is CCN(C(=O)Cn1c(C(=O)O)cc2sccc21)c1ccccc1. The molecule has 3 rings (SSSR count). The summed E-state index contributed by atoms with van der Waals surface area (Å²) in [4.78, 5) is 25.8. The molecule has 0 atom stereocenters. The van der Waals surface area contributed by atoms with E-state index in [1.807, 2.05) is 48.7 Å². The van der Waals surface area contributed by atoms with Crippen molar-refractivity contribution in [3.05, 3.63) is 53.5 Å². The monoisotopic (exact) mass is 328 g/mol. The summed E-state index contributed by atoms with van der Waals surface area (Å²) >= 11 is 1.47. The number of nitrogens with zero attached hydrogens (tertiary/aromatic N) is 2. The van der Waals surface area contributed by atoms with Crippen LogP contribution in [-0.4, -0.2) is 28.1 Å². The average molecular weight is 328 g/mol. The summed E-state index contributed by atoms with van der Waals surface area (Å²) in [5, 5.41) is 11.3.